The number of rotatable bonds is 4. The Kier molecular flexibility index (Phi) is 4.83. The molecule has 0 aliphatic heterocycles. The number of amides is 1. The van der Waals surface area contributed by atoms with E-state index < -0.39 is 0 Å². The highest BCUT2D eigenvalue weighted by Gasteiger charge is 2.23. The Hall–Kier alpha value is -1.51. The van der Waals surface area contributed by atoms with E-state index in [-0.39, 0.29) is 17.7 Å². The Morgan fingerprint density at radius 1 is 1.26 bits per heavy atom. The van der Waals surface area contributed by atoms with Crippen LogP contribution in [0.1, 0.15) is 55.8 Å². The molecule has 104 valence electrons. The third-order valence-electron chi connectivity index (χ3n) is 4.10. The van der Waals surface area contributed by atoms with E-state index in [9.17, 15) is 9.90 Å². The number of hydrogen-bond acceptors (Lipinski definition) is 2. The van der Waals surface area contributed by atoms with Crippen LogP contribution in [0.3, 0.4) is 0 Å². The smallest absolute Gasteiger partial charge is 0.251 e. The van der Waals surface area contributed by atoms with E-state index in [4.69, 9.17) is 0 Å². The molecule has 1 aliphatic carbocycles. The molecule has 1 unspecified atom stereocenters. The summed E-state index contributed by atoms with van der Waals surface area (Å²) >= 11 is 0. The average molecular weight is 261 g/mol. The van der Waals surface area contributed by atoms with Crippen LogP contribution in [0.25, 0.3) is 0 Å². The van der Waals surface area contributed by atoms with E-state index in [0.29, 0.717) is 11.5 Å². The molecule has 0 saturated heterocycles. The van der Waals surface area contributed by atoms with Crippen molar-refractivity contribution in [3.05, 3.63) is 29.8 Å². The lowest BCUT2D eigenvalue weighted by molar-refractivity contribution is 0.0911. The van der Waals surface area contributed by atoms with E-state index in [0.717, 1.165) is 6.42 Å². The third kappa shape index (κ3) is 3.72. The van der Waals surface area contributed by atoms with E-state index >= 15 is 0 Å². The van der Waals surface area contributed by atoms with Gasteiger partial charge in [0.1, 0.15) is 5.75 Å². The first-order chi connectivity index (χ1) is 9.20. The minimum absolute atomic E-state index is 0.0302. The minimum Gasteiger partial charge on any atom is -0.508 e. The van der Waals surface area contributed by atoms with Crippen LogP contribution in [0.5, 0.6) is 5.75 Å². The zero-order valence-corrected chi connectivity index (χ0v) is 11.6. The number of carbonyl (C=O) groups is 1. The van der Waals surface area contributed by atoms with Gasteiger partial charge in [-0.15, -0.1) is 0 Å². The van der Waals surface area contributed by atoms with Gasteiger partial charge in [-0.05, 0) is 49.4 Å². The monoisotopic (exact) mass is 261 g/mol. The average Bonchev–Trinajstić information content (AvgIpc) is 2.46. The Morgan fingerprint density at radius 3 is 2.47 bits per heavy atom. The standard InChI is InChI=1S/C16H23NO2/c1-2-15(12-6-4-3-5-7-12)17-16(19)13-8-10-14(18)11-9-13/h8-12,15,18H,2-7H2,1H3,(H,17,19). The van der Waals surface area contributed by atoms with Crippen LogP contribution in [-0.4, -0.2) is 17.1 Å². The lowest BCUT2D eigenvalue weighted by Gasteiger charge is -2.30. The largest absolute Gasteiger partial charge is 0.508 e. The van der Waals surface area contributed by atoms with Gasteiger partial charge in [0, 0.05) is 11.6 Å². The minimum atomic E-state index is -0.0302. The number of hydrogen-bond donors (Lipinski definition) is 2. The van der Waals surface area contributed by atoms with Crippen LogP contribution in [0, 0.1) is 5.92 Å². The molecule has 2 N–H and O–H groups in total. The van der Waals surface area contributed by atoms with Crippen molar-refractivity contribution in [2.75, 3.05) is 0 Å². The van der Waals surface area contributed by atoms with Crippen molar-refractivity contribution >= 4 is 5.91 Å². The first-order valence-electron chi connectivity index (χ1n) is 7.30. The molecule has 1 fully saturated rings. The molecule has 0 radical (unpaired) electrons. The Morgan fingerprint density at radius 2 is 1.89 bits per heavy atom. The zero-order chi connectivity index (χ0) is 13.7. The molecule has 1 saturated carbocycles. The van der Waals surface area contributed by atoms with Gasteiger partial charge in [0.2, 0.25) is 0 Å². The summed E-state index contributed by atoms with van der Waals surface area (Å²) in [5, 5.41) is 12.4. The van der Waals surface area contributed by atoms with Crippen molar-refractivity contribution in [1.82, 2.24) is 5.32 Å². The summed E-state index contributed by atoms with van der Waals surface area (Å²) in [4.78, 5) is 12.2. The molecule has 0 spiro atoms. The van der Waals surface area contributed by atoms with Crippen molar-refractivity contribution < 1.29 is 9.90 Å². The first kappa shape index (κ1) is 13.9. The highest BCUT2D eigenvalue weighted by molar-refractivity contribution is 5.94. The molecule has 1 aromatic rings. The van der Waals surface area contributed by atoms with Gasteiger partial charge in [0.05, 0.1) is 0 Å². The number of nitrogens with one attached hydrogen (secondary N) is 1. The van der Waals surface area contributed by atoms with Gasteiger partial charge in [-0.25, -0.2) is 0 Å². The normalized spacial score (nSPS) is 17.9. The maximum absolute atomic E-state index is 12.2. The summed E-state index contributed by atoms with van der Waals surface area (Å²) in [6, 6.07) is 6.71. The summed E-state index contributed by atoms with van der Waals surface area (Å²) < 4.78 is 0. The van der Waals surface area contributed by atoms with E-state index in [2.05, 4.69) is 12.2 Å². The van der Waals surface area contributed by atoms with Crippen molar-refractivity contribution in [2.45, 2.75) is 51.5 Å². The fraction of sp³-hybridized carbons (Fsp3) is 0.562. The van der Waals surface area contributed by atoms with Crippen LogP contribution in [0.2, 0.25) is 0 Å². The topological polar surface area (TPSA) is 49.3 Å². The van der Waals surface area contributed by atoms with Crippen LogP contribution in [0.15, 0.2) is 24.3 Å². The Labute approximate surface area is 115 Å². The fourth-order valence-electron chi connectivity index (χ4n) is 2.95. The lowest BCUT2D eigenvalue weighted by atomic mass is 9.83. The third-order valence-corrected chi connectivity index (χ3v) is 4.10. The lowest BCUT2D eigenvalue weighted by Crippen LogP contribution is -2.40. The molecule has 2 rings (SSSR count). The predicted octanol–water partition coefficient (Wildman–Crippen LogP) is 3.48. The van der Waals surface area contributed by atoms with Crippen LogP contribution in [-0.2, 0) is 0 Å². The Balaban J connectivity index is 1.97. The van der Waals surface area contributed by atoms with Gasteiger partial charge in [-0.2, -0.15) is 0 Å². The van der Waals surface area contributed by atoms with Crippen molar-refractivity contribution in [3.63, 3.8) is 0 Å². The van der Waals surface area contributed by atoms with E-state index in [1.165, 1.54) is 32.1 Å². The number of phenols is 1. The second kappa shape index (κ2) is 6.60. The maximum atomic E-state index is 12.2. The van der Waals surface area contributed by atoms with Gasteiger partial charge < -0.3 is 10.4 Å². The molecular formula is C16H23NO2. The molecule has 0 bridgehead atoms. The van der Waals surface area contributed by atoms with Crippen molar-refractivity contribution in [1.29, 1.82) is 0 Å². The Bertz CT molecular complexity index is 407. The number of carbonyl (C=O) groups excluding carboxylic acids is 1. The first-order valence-corrected chi connectivity index (χ1v) is 7.30. The summed E-state index contributed by atoms with van der Waals surface area (Å²) in [6.45, 7) is 2.14. The fourth-order valence-corrected chi connectivity index (χ4v) is 2.95. The van der Waals surface area contributed by atoms with Gasteiger partial charge in [0.15, 0.2) is 0 Å². The highest BCUT2D eigenvalue weighted by atomic mass is 16.3. The van der Waals surface area contributed by atoms with E-state index in [1.807, 2.05) is 0 Å². The number of phenolic OH excluding ortho intramolecular Hbond substituents is 1. The zero-order valence-electron chi connectivity index (χ0n) is 11.6. The van der Waals surface area contributed by atoms with Crippen LogP contribution >= 0.6 is 0 Å². The van der Waals surface area contributed by atoms with Gasteiger partial charge in [-0.3, -0.25) is 4.79 Å². The predicted molar refractivity (Wildman–Crippen MR) is 76.2 cm³/mol. The molecule has 0 aromatic heterocycles. The molecule has 3 nitrogen and oxygen atoms in total. The molecule has 1 amide bonds. The molecule has 1 aliphatic rings. The molecular weight excluding hydrogens is 238 g/mol. The molecule has 1 atom stereocenters. The van der Waals surface area contributed by atoms with Crippen LogP contribution in [0.4, 0.5) is 0 Å². The number of aromatic hydroxyl groups is 1. The summed E-state index contributed by atoms with van der Waals surface area (Å²) in [6.07, 6.45) is 7.35. The number of benzene rings is 1. The summed E-state index contributed by atoms with van der Waals surface area (Å²) in [5.74, 6) is 0.785. The SMILES string of the molecule is CCC(NC(=O)c1ccc(O)cc1)C1CCCCC1. The molecule has 1 aromatic carbocycles. The summed E-state index contributed by atoms with van der Waals surface area (Å²) in [5.41, 5.74) is 0.618. The van der Waals surface area contributed by atoms with Gasteiger partial charge in [-0.1, -0.05) is 26.2 Å². The maximum Gasteiger partial charge on any atom is 0.251 e. The van der Waals surface area contributed by atoms with Crippen LogP contribution < -0.4 is 5.32 Å². The second-order valence-corrected chi connectivity index (χ2v) is 5.43. The van der Waals surface area contributed by atoms with Gasteiger partial charge in [0.25, 0.3) is 5.91 Å². The quantitative estimate of drug-likeness (QED) is 0.871. The second-order valence-electron chi connectivity index (χ2n) is 5.43. The van der Waals surface area contributed by atoms with Crippen molar-refractivity contribution in [3.8, 4) is 5.75 Å². The van der Waals surface area contributed by atoms with Gasteiger partial charge >= 0.3 is 0 Å². The molecule has 0 heterocycles. The molecule has 19 heavy (non-hydrogen) atoms. The summed E-state index contributed by atoms with van der Waals surface area (Å²) in [7, 11) is 0. The van der Waals surface area contributed by atoms with Crippen molar-refractivity contribution in [2.24, 2.45) is 5.92 Å². The molecule has 3 heteroatoms. The highest BCUT2D eigenvalue weighted by Crippen LogP contribution is 2.27. The van der Waals surface area contributed by atoms with E-state index in [1.54, 1.807) is 24.3 Å².